The van der Waals surface area contributed by atoms with Crippen LogP contribution in [0.5, 0.6) is 5.75 Å². The number of aliphatic hydroxyl groups excluding tert-OH is 1. The smallest absolute Gasteiger partial charge is 0.131 e. The van der Waals surface area contributed by atoms with Crippen LogP contribution in [0.2, 0.25) is 0 Å². The van der Waals surface area contributed by atoms with Crippen LogP contribution in [0.25, 0.3) is 10.1 Å². The molecule has 0 aliphatic heterocycles. The molecule has 1 heterocycles. The fourth-order valence-corrected chi connectivity index (χ4v) is 2.53. The van der Waals surface area contributed by atoms with Gasteiger partial charge in [-0.05, 0) is 23.1 Å². The number of ether oxygens (including phenoxy) is 1. The van der Waals surface area contributed by atoms with Gasteiger partial charge >= 0.3 is 0 Å². The molecule has 1 unspecified atom stereocenters. The second kappa shape index (κ2) is 4.21. The van der Waals surface area contributed by atoms with Gasteiger partial charge in [0, 0.05) is 22.6 Å². The Bertz CT molecular complexity index is 462. The summed E-state index contributed by atoms with van der Waals surface area (Å²) in [5.74, 6) is 1.01. The van der Waals surface area contributed by atoms with Gasteiger partial charge in [-0.3, -0.25) is 0 Å². The number of hydrogen-bond acceptors (Lipinski definition) is 3. The van der Waals surface area contributed by atoms with Crippen molar-refractivity contribution in [1.82, 2.24) is 0 Å². The first-order valence-corrected chi connectivity index (χ1v) is 5.81. The Labute approximate surface area is 93.1 Å². The third-order valence-corrected chi connectivity index (χ3v) is 3.51. The maximum atomic E-state index is 9.18. The van der Waals surface area contributed by atoms with Crippen molar-refractivity contribution in [2.45, 2.75) is 12.8 Å². The molecular weight excluding hydrogens is 208 g/mol. The zero-order valence-corrected chi connectivity index (χ0v) is 9.67. The number of hydrogen-bond donors (Lipinski definition) is 1. The fourth-order valence-electron chi connectivity index (χ4n) is 1.75. The van der Waals surface area contributed by atoms with E-state index in [4.69, 9.17) is 4.74 Å². The Kier molecular flexibility index (Phi) is 2.93. The Morgan fingerprint density at radius 1 is 1.40 bits per heavy atom. The molecule has 0 aliphatic carbocycles. The van der Waals surface area contributed by atoms with Crippen LogP contribution in [-0.2, 0) is 0 Å². The largest absolute Gasteiger partial charge is 0.496 e. The zero-order chi connectivity index (χ0) is 10.8. The Hall–Kier alpha value is -1.06. The van der Waals surface area contributed by atoms with Crippen LogP contribution in [0.15, 0.2) is 23.6 Å². The molecule has 0 radical (unpaired) electrons. The maximum Gasteiger partial charge on any atom is 0.131 e. The lowest BCUT2D eigenvalue weighted by molar-refractivity contribution is 0.270. The predicted molar refractivity (Wildman–Crippen MR) is 63.9 cm³/mol. The summed E-state index contributed by atoms with van der Waals surface area (Å²) in [5, 5.41) is 12.4. The van der Waals surface area contributed by atoms with Gasteiger partial charge in [-0.25, -0.2) is 0 Å². The van der Waals surface area contributed by atoms with Gasteiger partial charge in [0.05, 0.1) is 7.11 Å². The van der Waals surface area contributed by atoms with Gasteiger partial charge in [-0.15, -0.1) is 11.3 Å². The molecule has 1 N–H and O–H groups in total. The third kappa shape index (κ3) is 1.73. The summed E-state index contributed by atoms with van der Waals surface area (Å²) >= 11 is 1.70. The molecule has 0 fully saturated rings. The highest BCUT2D eigenvalue weighted by molar-refractivity contribution is 7.17. The summed E-state index contributed by atoms with van der Waals surface area (Å²) in [6.07, 6.45) is 0. The minimum absolute atomic E-state index is 0.115. The van der Waals surface area contributed by atoms with Gasteiger partial charge in [0.25, 0.3) is 0 Å². The van der Waals surface area contributed by atoms with Crippen molar-refractivity contribution in [1.29, 1.82) is 0 Å². The molecule has 0 spiro atoms. The zero-order valence-electron chi connectivity index (χ0n) is 8.86. The van der Waals surface area contributed by atoms with Crippen LogP contribution >= 0.6 is 11.3 Å². The molecular formula is C12H14O2S. The maximum absolute atomic E-state index is 9.18. The summed E-state index contributed by atoms with van der Waals surface area (Å²) < 4.78 is 6.66. The first-order chi connectivity index (χ1) is 7.27. The van der Waals surface area contributed by atoms with Gasteiger partial charge in [-0.2, -0.15) is 0 Å². The first kappa shape index (κ1) is 10.5. The quantitative estimate of drug-likeness (QED) is 0.865. The van der Waals surface area contributed by atoms with Crippen molar-refractivity contribution in [2.24, 2.45) is 0 Å². The van der Waals surface area contributed by atoms with Gasteiger partial charge in [0.2, 0.25) is 0 Å². The van der Waals surface area contributed by atoms with Gasteiger partial charge in [0.15, 0.2) is 0 Å². The monoisotopic (exact) mass is 222 g/mol. The number of rotatable bonds is 3. The molecule has 0 amide bonds. The van der Waals surface area contributed by atoms with Crippen LogP contribution < -0.4 is 4.74 Å². The van der Waals surface area contributed by atoms with E-state index in [1.165, 1.54) is 4.70 Å². The molecule has 1 aromatic heterocycles. The molecule has 2 rings (SSSR count). The van der Waals surface area contributed by atoms with Crippen LogP contribution in [0.3, 0.4) is 0 Å². The van der Waals surface area contributed by atoms with Crippen molar-refractivity contribution < 1.29 is 9.84 Å². The minimum atomic E-state index is 0.115. The molecule has 2 nitrogen and oxygen atoms in total. The standard InChI is InChI=1S/C12H14O2S/c1-8(7-13)9-3-4-11-10(5-6-15-11)12(9)14-2/h3-6,8,13H,7H2,1-2H3. The molecule has 3 heteroatoms. The van der Waals surface area contributed by atoms with Crippen molar-refractivity contribution in [3.8, 4) is 5.75 Å². The van der Waals surface area contributed by atoms with E-state index in [1.807, 2.05) is 13.0 Å². The van der Waals surface area contributed by atoms with E-state index in [0.29, 0.717) is 0 Å². The van der Waals surface area contributed by atoms with Crippen molar-refractivity contribution >= 4 is 21.4 Å². The highest BCUT2D eigenvalue weighted by Crippen LogP contribution is 2.36. The highest BCUT2D eigenvalue weighted by Gasteiger charge is 2.13. The normalized spacial score (nSPS) is 13.0. The Balaban J connectivity index is 2.63. The number of fused-ring (bicyclic) bond motifs is 1. The lowest BCUT2D eigenvalue weighted by atomic mass is 9.99. The molecule has 0 aliphatic rings. The van der Waals surface area contributed by atoms with Crippen LogP contribution in [0.1, 0.15) is 18.4 Å². The van der Waals surface area contributed by atoms with E-state index in [2.05, 4.69) is 17.5 Å². The number of methoxy groups -OCH3 is 1. The summed E-state index contributed by atoms with van der Waals surface area (Å²) in [7, 11) is 1.68. The van der Waals surface area contributed by atoms with E-state index in [9.17, 15) is 5.11 Å². The average molecular weight is 222 g/mol. The summed E-state index contributed by atoms with van der Waals surface area (Å²) in [6, 6.07) is 6.19. The molecule has 1 atom stereocenters. The molecule has 80 valence electrons. The van der Waals surface area contributed by atoms with E-state index in [1.54, 1.807) is 18.4 Å². The molecule has 0 bridgehead atoms. The molecule has 0 saturated heterocycles. The topological polar surface area (TPSA) is 29.5 Å². The van der Waals surface area contributed by atoms with Crippen molar-refractivity contribution in [3.63, 3.8) is 0 Å². The summed E-state index contributed by atoms with van der Waals surface area (Å²) in [6.45, 7) is 2.14. The second-order valence-electron chi connectivity index (χ2n) is 3.60. The minimum Gasteiger partial charge on any atom is -0.496 e. The van der Waals surface area contributed by atoms with E-state index < -0.39 is 0 Å². The predicted octanol–water partition coefficient (Wildman–Crippen LogP) is 3.01. The second-order valence-corrected chi connectivity index (χ2v) is 4.55. The van der Waals surface area contributed by atoms with Crippen molar-refractivity contribution in [2.75, 3.05) is 13.7 Å². The van der Waals surface area contributed by atoms with Gasteiger partial charge < -0.3 is 9.84 Å². The van der Waals surface area contributed by atoms with Crippen LogP contribution in [0, 0.1) is 0 Å². The highest BCUT2D eigenvalue weighted by atomic mass is 32.1. The van der Waals surface area contributed by atoms with Gasteiger partial charge in [0.1, 0.15) is 5.75 Å². The first-order valence-electron chi connectivity index (χ1n) is 4.93. The molecule has 2 aromatic rings. The van der Waals surface area contributed by atoms with Crippen LogP contribution in [0.4, 0.5) is 0 Å². The van der Waals surface area contributed by atoms with E-state index >= 15 is 0 Å². The summed E-state index contributed by atoms with van der Waals surface area (Å²) in [4.78, 5) is 0. The SMILES string of the molecule is COc1c(C(C)CO)ccc2sccc12. The van der Waals surface area contributed by atoms with Crippen molar-refractivity contribution in [3.05, 3.63) is 29.1 Å². The molecule has 1 aromatic carbocycles. The average Bonchev–Trinajstić information content (AvgIpc) is 2.74. The lowest BCUT2D eigenvalue weighted by Crippen LogP contribution is -2.01. The van der Waals surface area contributed by atoms with E-state index in [0.717, 1.165) is 16.7 Å². The van der Waals surface area contributed by atoms with Gasteiger partial charge in [-0.1, -0.05) is 13.0 Å². The van der Waals surface area contributed by atoms with E-state index in [-0.39, 0.29) is 12.5 Å². The van der Waals surface area contributed by atoms with Crippen LogP contribution in [-0.4, -0.2) is 18.8 Å². The summed E-state index contributed by atoms with van der Waals surface area (Å²) in [5.41, 5.74) is 1.07. The Morgan fingerprint density at radius 3 is 2.87 bits per heavy atom. The third-order valence-electron chi connectivity index (χ3n) is 2.63. The number of aliphatic hydroxyl groups is 1. The molecule has 15 heavy (non-hydrogen) atoms. The molecule has 0 saturated carbocycles. The Morgan fingerprint density at radius 2 is 2.20 bits per heavy atom. The lowest BCUT2D eigenvalue weighted by Gasteiger charge is -2.14. The number of benzene rings is 1. The number of thiophene rings is 1. The fraction of sp³-hybridized carbons (Fsp3) is 0.333.